The SMILES string of the molecule is COc1ccc(C(OC[C@@H]2C=C[C@H](n3cnc4c(=O)[nH]cnc43)O2)(c2ccccc2)c2ccc(OC)cc2)cc1. The number of imidazole rings is 1. The first-order valence-electron chi connectivity index (χ1n) is 12.8. The van der Waals surface area contributed by atoms with E-state index in [0.717, 1.165) is 28.2 Å². The molecule has 2 atom stereocenters. The fourth-order valence-electron chi connectivity index (χ4n) is 5.07. The van der Waals surface area contributed by atoms with Crippen molar-refractivity contribution in [3.8, 4) is 11.5 Å². The van der Waals surface area contributed by atoms with Crippen molar-refractivity contribution in [1.82, 2.24) is 19.5 Å². The zero-order valence-corrected chi connectivity index (χ0v) is 22.1. The molecule has 2 aromatic heterocycles. The van der Waals surface area contributed by atoms with Crippen LogP contribution in [0.4, 0.5) is 0 Å². The van der Waals surface area contributed by atoms with Crippen LogP contribution in [0.3, 0.4) is 0 Å². The molecule has 6 rings (SSSR count). The number of benzene rings is 3. The second-order valence-electron chi connectivity index (χ2n) is 9.32. The number of aromatic amines is 1. The predicted octanol–water partition coefficient (Wildman–Crippen LogP) is 4.60. The molecule has 1 aliphatic rings. The third-order valence-corrected chi connectivity index (χ3v) is 7.08. The van der Waals surface area contributed by atoms with Crippen molar-refractivity contribution in [2.75, 3.05) is 20.8 Å². The summed E-state index contributed by atoms with van der Waals surface area (Å²) >= 11 is 0. The maximum atomic E-state index is 12.1. The summed E-state index contributed by atoms with van der Waals surface area (Å²) in [5.41, 5.74) is 2.31. The smallest absolute Gasteiger partial charge is 0.278 e. The molecular formula is C31H28N4O5. The summed E-state index contributed by atoms with van der Waals surface area (Å²) < 4.78 is 25.9. The van der Waals surface area contributed by atoms with Gasteiger partial charge in [-0.2, -0.15) is 0 Å². The van der Waals surface area contributed by atoms with Crippen molar-refractivity contribution >= 4 is 11.2 Å². The van der Waals surface area contributed by atoms with Crippen LogP contribution in [0.2, 0.25) is 0 Å². The number of nitrogens with zero attached hydrogens (tertiary/aromatic N) is 3. The van der Waals surface area contributed by atoms with Gasteiger partial charge >= 0.3 is 0 Å². The minimum atomic E-state index is -0.953. The molecule has 1 aliphatic heterocycles. The highest BCUT2D eigenvalue weighted by Crippen LogP contribution is 2.42. The van der Waals surface area contributed by atoms with E-state index >= 15 is 0 Å². The summed E-state index contributed by atoms with van der Waals surface area (Å²) in [6, 6.07) is 25.9. The first-order chi connectivity index (χ1) is 19.6. The average Bonchev–Trinajstić information content (AvgIpc) is 3.67. The Morgan fingerprint density at radius 2 is 1.48 bits per heavy atom. The molecule has 0 saturated carbocycles. The van der Waals surface area contributed by atoms with E-state index in [4.69, 9.17) is 18.9 Å². The molecule has 0 fully saturated rings. The standard InChI is InChI=1S/C31H28N4O5/c1-37-24-12-8-22(9-13-24)31(21-6-4-3-5-7-21,23-10-14-25(38-2)15-11-23)39-18-26-16-17-27(40-26)35-20-34-28-29(35)32-19-33-30(28)36/h3-17,19-20,26-27H,18H2,1-2H3,(H,32,33,36)/t26-,27+/m0/s1. The molecule has 40 heavy (non-hydrogen) atoms. The highest BCUT2D eigenvalue weighted by atomic mass is 16.6. The Balaban J connectivity index is 1.35. The van der Waals surface area contributed by atoms with Gasteiger partial charge in [0.1, 0.15) is 23.2 Å². The highest BCUT2D eigenvalue weighted by molar-refractivity contribution is 5.69. The molecule has 0 radical (unpaired) electrons. The van der Waals surface area contributed by atoms with E-state index in [1.54, 1.807) is 25.1 Å². The summed E-state index contributed by atoms with van der Waals surface area (Å²) in [6.45, 7) is 0.251. The lowest BCUT2D eigenvalue weighted by molar-refractivity contribution is -0.0668. The van der Waals surface area contributed by atoms with Gasteiger partial charge < -0.3 is 23.9 Å². The molecule has 0 bridgehead atoms. The molecule has 9 heteroatoms. The molecule has 0 aliphatic carbocycles. The molecule has 5 aromatic rings. The number of ether oxygens (including phenoxy) is 4. The first-order valence-corrected chi connectivity index (χ1v) is 12.8. The minimum Gasteiger partial charge on any atom is -0.497 e. The predicted molar refractivity (Wildman–Crippen MR) is 149 cm³/mol. The molecule has 202 valence electrons. The van der Waals surface area contributed by atoms with Crippen molar-refractivity contribution in [2.45, 2.75) is 17.9 Å². The molecule has 0 amide bonds. The lowest BCUT2D eigenvalue weighted by atomic mass is 9.80. The van der Waals surface area contributed by atoms with Crippen LogP contribution in [0.15, 0.2) is 108 Å². The molecule has 0 spiro atoms. The molecular weight excluding hydrogens is 508 g/mol. The Hall–Kier alpha value is -4.73. The van der Waals surface area contributed by atoms with Gasteiger partial charge in [0.15, 0.2) is 17.4 Å². The van der Waals surface area contributed by atoms with Gasteiger partial charge in [-0.3, -0.25) is 9.36 Å². The molecule has 3 aromatic carbocycles. The second kappa shape index (κ2) is 10.8. The third kappa shape index (κ3) is 4.55. The number of fused-ring (bicyclic) bond motifs is 1. The quantitative estimate of drug-likeness (QED) is 0.217. The number of aromatic nitrogens is 4. The van der Waals surface area contributed by atoms with Crippen LogP contribution in [0, 0.1) is 0 Å². The Bertz CT molecular complexity index is 1630. The van der Waals surface area contributed by atoms with Crippen molar-refractivity contribution in [3.05, 3.63) is 131 Å². The first kappa shape index (κ1) is 25.5. The third-order valence-electron chi connectivity index (χ3n) is 7.08. The van der Waals surface area contributed by atoms with Crippen LogP contribution in [0.5, 0.6) is 11.5 Å². The van der Waals surface area contributed by atoms with Crippen molar-refractivity contribution < 1.29 is 18.9 Å². The van der Waals surface area contributed by atoms with E-state index in [2.05, 4.69) is 27.1 Å². The number of rotatable bonds is 9. The second-order valence-corrected chi connectivity index (χ2v) is 9.32. The van der Waals surface area contributed by atoms with E-state index in [1.165, 1.54) is 6.33 Å². The van der Waals surface area contributed by atoms with Gasteiger partial charge in [-0.25, -0.2) is 9.97 Å². The Morgan fingerprint density at radius 1 is 0.850 bits per heavy atom. The number of H-pyrrole nitrogens is 1. The number of nitrogens with one attached hydrogen (secondary N) is 1. The van der Waals surface area contributed by atoms with Gasteiger partial charge in [0.05, 0.1) is 33.5 Å². The zero-order valence-electron chi connectivity index (χ0n) is 22.1. The van der Waals surface area contributed by atoms with E-state index in [-0.39, 0.29) is 23.8 Å². The minimum absolute atomic E-state index is 0.251. The summed E-state index contributed by atoms with van der Waals surface area (Å²) in [5, 5.41) is 0. The average molecular weight is 537 g/mol. The normalized spacial score (nSPS) is 16.9. The van der Waals surface area contributed by atoms with Crippen LogP contribution in [0.1, 0.15) is 22.9 Å². The molecule has 0 unspecified atom stereocenters. The van der Waals surface area contributed by atoms with Crippen molar-refractivity contribution in [3.63, 3.8) is 0 Å². The summed E-state index contributed by atoms with van der Waals surface area (Å²) in [4.78, 5) is 23.1. The van der Waals surface area contributed by atoms with Crippen LogP contribution < -0.4 is 15.0 Å². The molecule has 0 saturated heterocycles. The largest absolute Gasteiger partial charge is 0.497 e. The van der Waals surface area contributed by atoms with Crippen molar-refractivity contribution in [2.24, 2.45) is 0 Å². The summed E-state index contributed by atoms with van der Waals surface area (Å²) in [6.07, 6.45) is 5.98. The maximum Gasteiger partial charge on any atom is 0.278 e. The van der Waals surface area contributed by atoms with Gasteiger partial charge in [-0.05, 0) is 47.0 Å². The molecule has 9 nitrogen and oxygen atoms in total. The van der Waals surface area contributed by atoms with Crippen LogP contribution >= 0.6 is 0 Å². The van der Waals surface area contributed by atoms with Gasteiger partial charge in [0.2, 0.25) is 0 Å². The monoisotopic (exact) mass is 536 g/mol. The number of hydrogen-bond donors (Lipinski definition) is 1. The lowest BCUT2D eigenvalue weighted by Gasteiger charge is -2.36. The van der Waals surface area contributed by atoms with E-state index in [1.807, 2.05) is 78.9 Å². The Morgan fingerprint density at radius 3 is 2.10 bits per heavy atom. The fourth-order valence-corrected chi connectivity index (χ4v) is 5.07. The maximum absolute atomic E-state index is 12.1. The molecule has 1 N–H and O–H groups in total. The van der Waals surface area contributed by atoms with Crippen LogP contribution in [-0.2, 0) is 15.1 Å². The zero-order chi connectivity index (χ0) is 27.5. The van der Waals surface area contributed by atoms with E-state index in [9.17, 15) is 4.79 Å². The summed E-state index contributed by atoms with van der Waals surface area (Å²) in [5.74, 6) is 1.51. The Kier molecular flexibility index (Phi) is 6.90. The number of methoxy groups -OCH3 is 2. The van der Waals surface area contributed by atoms with Gasteiger partial charge in [0.25, 0.3) is 5.56 Å². The van der Waals surface area contributed by atoms with E-state index in [0.29, 0.717) is 5.65 Å². The highest BCUT2D eigenvalue weighted by Gasteiger charge is 2.39. The van der Waals surface area contributed by atoms with Gasteiger partial charge in [-0.1, -0.05) is 60.7 Å². The topological polar surface area (TPSA) is 100 Å². The summed E-state index contributed by atoms with van der Waals surface area (Å²) in [7, 11) is 3.30. The van der Waals surface area contributed by atoms with E-state index < -0.39 is 11.8 Å². The molecule has 3 heterocycles. The van der Waals surface area contributed by atoms with Gasteiger partial charge in [0, 0.05) is 0 Å². The van der Waals surface area contributed by atoms with Crippen molar-refractivity contribution in [1.29, 1.82) is 0 Å². The van der Waals surface area contributed by atoms with Crippen LogP contribution in [0.25, 0.3) is 11.2 Å². The lowest BCUT2D eigenvalue weighted by Crippen LogP contribution is -2.35. The number of hydrogen-bond acceptors (Lipinski definition) is 7. The Labute approximate surface area is 230 Å². The van der Waals surface area contributed by atoms with Gasteiger partial charge in [-0.15, -0.1) is 0 Å². The fraction of sp³-hybridized carbons (Fsp3) is 0.194. The van der Waals surface area contributed by atoms with Crippen LogP contribution in [-0.4, -0.2) is 46.4 Å².